The molecule has 0 fully saturated rings. The van der Waals surface area contributed by atoms with E-state index in [2.05, 4.69) is 10.6 Å². The van der Waals surface area contributed by atoms with Crippen molar-refractivity contribution in [2.24, 2.45) is 0 Å². The molecule has 0 heterocycles. The van der Waals surface area contributed by atoms with Gasteiger partial charge in [0, 0.05) is 6.54 Å². The first-order valence-corrected chi connectivity index (χ1v) is 7.56. The van der Waals surface area contributed by atoms with E-state index in [0.29, 0.717) is 17.3 Å². The van der Waals surface area contributed by atoms with Gasteiger partial charge < -0.3 is 15.5 Å². The highest BCUT2D eigenvalue weighted by Gasteiger charge is 2.15. The number of hydrogen-bond acceptors (Lipinski definition) is 2. The van der Waals surface area contributed by atoms with Crippen LogP contribution in [0, 0.1) is 5.82 Å². The zero-order valence-electron chi connectivity index (χ0n) is 13.0. The Morgan fingerprint density at radius 1 is 1.17 bits per heavy atom. The third-order valence-electron chi connectivity index (χ3n) is 3.46. The molecule has 0 spiro atoms. The van der Waals surface area contributed by atoms with E-state index in [4.69, 9.17) is 11.6 Å². The number of rotatable bonds is 5. The SMILES string of the molecule is CN(C)[C@H](CNC(=O)Nc1ccccc1Cl)c1ccc(F)cc1. The molecule has 2 rings (SSSR count). The molecule has 2 aromatic carbocycles. The van der Waals surface area contributed by atoms with Crippen LogP contribution in [-0.2, 0) is 0 Å². The molecular weight excluding hydrogens is 317 g/mol. The number of halogens is 2. The molecule has 1 atom stereocenters. The Morgan fingerprint density at radius 3 is 2.43 bits per heavy atom. The highest BCUT2D eigenvalue weighted by atomic mass is 35.5. The van der Waals surface area contributed by atoms with E-state index in [-0.39, 0.29) is 17.9 Å². The van der Waals surface area contributed by atoms with E-state index in [0.717, 1.165) is 5.56 Å². The first-order valence-electron chi connectivity index (χ1n) is 7.18. The Kier molecular flexibility index (Phi) is 5.96. The van der Waals surface area contributed by atoms with Crippen LogP contribution in [0.25, 0.3) is 0 Å². The van der Waals surface area contributed by atoms with Gasteiger partial charge in [-0.1, -0.05) is 35.9 Å². The maximum absolute atomic E-state index is 13.0. The van der Waals surface area contributed by atoms with Gasteiger partial charge in [-0.05, 0) is 43.9 Å². The summed E-state index contributed by atoms with van der Waals surface area (Å²) in [6.45, 7) is 0.384. The maximum Gasteiger partial charge on any atom is 0.319 e. The molecule has 0 aliphatic heterocycles. The molecule has 2 aromatic rings. The van der Waals surface area contributed by atoms with Gasteiger partial charge in [0.25, 0.3) is 0 Å². The number of nitrogens with zero attached hydrogens (tertiary/aromatic N) is 1. The predicted molar refractivity (Wildman–Crippen MR) is 91.3 cm³/mol. The van der Waals surface area contributed by atoms with Gasteiger partial charge in [-0.2, -0.15) is 0 Å². The van der Waals surface area contributed by atoms with Crippen LogP contribution in [0.5, 0.6) is 0 Å². The smallest absolute Gasteiger partial charge is 0.319 e. The number of carbonyl (C=O) groups is 1. The number of likely N-dealkylation sites (N-methyl/N-ethyl adjacent to an activating group) is 1. The summed E-state index contributed by atoms with van der Waals surface area (Å²) < 4.78 is 13.0. The number of urea groups is 1. The first-order chi connectivity index (χ1) is 11.0. The Labute approximate surface area is 140 Å². The van der Waals surface area contributed by atoms with Gasteiger partial charge in [0.05, 0.1) is 16.8 Å². The van der Waals surface area contributed by atoms with Crippen LogP contribution in [0.1, 0.15) is 11.6 Å². The van der Waals surface area contributed by atoms with Crippen LogP contribution < -0.4 is 10.6 Å². The molecule has 0 unspecified atom stereocenters. The Morgan fingerprint density at radius 2 is 1.83 bits per heavy atom. The summed E-state index contributed by atoms with van der Waals surface area (Å²) in [7, 11) is 3.81. The fourth-order valence-electron chi connectivity index (χ4n) is 2.20. The quantitative estimate of drug-likeness (QED) is 0.870. The fraction of sp³-hybridized carbons (Fsp3) is 0.235. The van der Waals surface area contributed by atoms with Crippen LogP contribution in [-0.4, -0.2) is 31.6 Å². The molecule has 2 amide bonds. The highest BCUT2D eigenvalue weighted by molar-refractivity contribution is 6.33. The van der Waals surface area contributed by atoms with Crippen molar-refractivity contribution >= 4 is 23.3 Å². The van der Waals surface area contributed by atoms with E-state index in [1.54, 1.807) is 36.4 Å². The standard InChI is InChI=1S/C17H19ClFN3O/c1-22(2)16(12-7-9-13(19)10-8-12)11-20-17(23)21-15-6-4-3-5-14(15)18/h3-10,16H,11H2,1-2H3,(H2,20,21,23)/t16-/m1/s1. The van der Waals surface area contributed by atoms with Crippen molar-refractivity contribution in [2.45, 2.75) is 6.04 Å². The number of carbonyl (C=O) groups excluding carboxylic acids is 1. The van der Waals surface area contributed by atoms with Crippen molar-refractivity contribution in [1.29, 1.82) is 0 Å². The first kappa shape index (κ1) is 17.2. The number of anilines is 1. The van der Waals surface area contributed by atoms with Crippen molar-refractivity contribution in [3.05, 3.63) is 64.9 Å². The fourth-order valence-corrected chi connectivity index (χ4v) is 2.38. The summed E-state index contributed by atoms with van der Waals surface area (Å²) in [6, 6.07) is 12.9. The lowest BCUT2D eigenvalue weighted by atomic mass is 10.1. The molecule has 2 N–H and O–H groups in total. The minimum absolute atomic E-state index is 0.0624. The summed E-state index contributed by atoms with van der Waals surface area (Å²) >= 11 is 6.01. The summed E-state index contributed by atoms with van der Waals surface area (Å²) in [5.41, 5.74) is 1.48. The van der Waals surface area contributed by atoms with Gasteiger partial charge in [0.2, 0.25) is 0 Å². The largest absolute Gasteiger partial charge is 0.336 e. The second-order valence-electron chi connectivity index (χ2n) is 5.35. The van der Waals surface area contributed by atoms with Crippen LogP contribution in [0.4, 0.5) is 14.9 Å². The molecule has 0 aliphatic carbocycles. The lowest BCUT2D eigenvalue weighted by Crippen LogP contribution is -2.36. The molecule has 4 nitrogen and oxygen atoms in total. The van der Waals surface area contributed by atoms with Gasteiger partial charge in [0.15, 0.2) is 0 Å². The molecule has 23 heavy (non-hydrogen) atoms. The zero-order chi connectivity index (χ0) is 16.8. The average Bonchev–Trinajstić information content (AvgIpc) is 2.51. The van der Waals surface area contributed by atoms with Crippen molar-refractivity contribution < 1.29 is 9.18 Å². The summed E-state index contributed by atoms with van der Waals surface area (Å²) in [5.74, 6) is -0.282. The monoisotopic (exact) mass is 335 g/mol. The number of amides is 2. The normalized spacial score (nSPS) is 12.0. The third-order valence-corrected chi connectivity index (χ3v) is 3.79. The van der Waals surface area contributed by atoms with Gasteiger partial charge in [-0.15, -0.1) is 0 Å². The number of para-hydroxylation sites is 1. The van der Waals surface area contributed by atoms with Crippen LogP contribution in [0.2, 0.25) is 5.02 Å². The van der Waals surface area contributed by atoms with E-state index < -0.39 is 0 Å². The minimum Gasteiger partial charge on any atom is -0.336 e. The van der Waals surface area contributed by atoms with Crippen molar-refractivity contribution in [2.75, 3.05) is 26.0 Å². The van der Waals surface area contributed by atoms with E-state index in [1.165, 1.54) is 12.1 Å². The van der Waals surface area contributed by atoms with Gasteiger partial charge in [0.1, 0.15) is 5.82 Å². The molecule has 6 heteroatoms. The number of hydrogen-bond donors (Lipinski definition) is 2. The van der Waals surface area contributed by atoms with Gasteiger partial charge >= 0.3 is 6.03 Å². The second-order valence-corrected chi connectivity index (χ2v) is 5.75. The predicted octanol–water partition coefficient (Wildman–Crippen LogP) is 3.90. The lowest BCUT2D eigenvalue weighted by Gasteiger charge is -2.25. The molecule has 0 radical (unpaired) electrons. The van der Waals surface area contributed by atoms with E-state index >= 15 is 0 Å². The Hall–Kier alpha value is -2.11. The second kappa shape index (κ2) is 7.94. The van der Waals surface area contributed by atoms with Crippen molar-refractivity contribution in [3.63, 3.8) is 0 Å². The summed E-state index contributed by atoms with van der Waals surface area (Å²) in [5, 5.41) is 5.99. The highest BCUT2D eigenvalue weighted by Crippen LogP contribution is 2.21. The van der Waals surface area contributed by atoms with Crippen LogP contribution >= 0.6 is 11.6 Å². The number of nitrogens with one attached hydrogen (secondary N) is 2. The Balaban J connectivity index is 1.97. The van der Waals surface area contributed by atoms with Crippen LogP contribution in [0.3, 0.4) is 0 Å². The molecule has 0 aromatic heterocycles. The lowest BCUT2D eigenvalue weighted by molar-refractivity contribution is 0.243. The average molecular weight is 336 g/mol. The van der Waals surface area contributed by atoms with Crippen LogP contribution in [0.15, 0.2) is 48.5 Å². The zero-order valence-corrected chi connectivity index (χ0v) is 13.8. The van der Waals surface area contributed by atoms with E-state index in [1.807, 2.05) is 19.0 Å². The topological polar surface area (TPSA) is 44.4 Å². The molecule has 0 aliphatic rings. The summed E-state index contributed by atoms with van der Waals surface area (Å²) in [6.07, 6.45) is 0. The third kappa shape index (κ3) is 4.94. The number of benzene rings is 2. The maximum atomic E-state index is 13.0. The molecule has 122 valence electrons. The Bertz CT molecular complexity index is 661. The van der Waals surface area contributed by atoms with Crippen molar-refractivity contribution in [3.8, 4) is 0 Å². The van der Waals surface area contributed by atoms with Gasteiger partial charge in [-0.3, -0.25) is 0 Å². The molecular formula is C17H19ClFN3O. The molecule has 0 saturated heterocycles. The molecule has 0 saturated carbocycles. The molecule has 0 bridgehead atoms. The van der Waals surface area contributed by atoms with Crippen molar-refractivity contribution in [1.82, 2.24) is 10.2 Å². The van der Waals surface area contributed by atoms with E-state index in [9.17, 15) is 9.18 Å². The summed E-state index contributed by atoms with van der Waals surface area (Å²) in [4.78, 5) is 14.0. The minimum atomic E-state index is -0.341. The van der Waals surface area contributed by atoms with Gasteiger partial charge in [-0.25, -0.2) is 9.18 Å².